The van der Waals surface area contributed by atoms with Crippen LogP contribution < -0.4 is 0 Å². The number of carbonyl (C=O) groups is 1. The second-order valence-corrected chi connectivity index (χ2v) is 3.85. The van der Waals surface area contributed by atoms with Crippen molar-refractivity contribution in [2.75, 3.05) is 5.33 Å². The monoisotopic (exact) mass is 240 g/mol. The maximum atomic E-state index is 11.4. The molecule has 0 fully saturated rings. The third-order valence-corrected chi connectivity index (χ3v) is 2.88. The molecule has 1 aromatic carbocycles. The standard InChI is InChI=1S/C11H13BrO/c1-7-4-10(11(13)6-12)5-8(2)9(7)3/h4-5H,6H2,1-3H3. The summed E-state index contributed by atoms with van der Waals surface area (Å²) in [4.78, 5) is 11.4. The molecule has 0 unspecified atom stereocenters. The second-order valence-electron chi connectivity index (χ2n) is 3.29. The van der Waals surface area contributed by atoms with Crippen molar-refractivity contribution in [1.82, 2.24) is 0 Å². The topological polar surface area (TPSA) is 17.1 Å². The fourth-order valence-corrected chi connectivity index (χ4v) is 1.60. The number of carbonyl (C=O) groups excluding carboxylic acids is 1. The number of Topliss-reactive ketones (excluding diaryl/α,β-unsaturated/α-hetero) is 1. The first-order valence-corrected chi connectivity index (χ1v) is 5.35. The number of halogens is 1. The summed E-state index contributed by atoms with van der Waals surface area (Å²) in [6.07, 6.45) is 0. The fourth-order valence-electron chi connectivity index (χ4n) is 1.27. The lowest BCUT2D eigenvalue weighted by Gasteiger charge is -2.06. The Bertz CT molecular complexity index is 319. The van der Waals surface area contributed by atoms with E-state index >= 15 is 0 Å². The predicted molar refractivity (Wildman–Crippen MR) is 58.8 cm³/mol. The number of hydrogen-bond acceptors (Lipinski definition) is 1. The molecular formula is C11H13BrO. The normalized spacial score (nSPS) is 10.2. The maximum absolute atomic E-state index is 11.4. The van der Waals surface area contributed by atoms with Crippen LogP contribution in [0.25, 0.3) is 0 Å². The zero-order valence-electron chi connectivity index (χ0n) is 8.15. The third-order valence-electron chi connectivity index (χ3n) is 2.37. The minimum absolute atomic E-state index is 0.145. The molecular weight excluding hydrogens is 228 g/mol. The zero-order chi connectivity index (χ0) is 10.0. The average Bonchev–Trinajstić information content (AvgIpc) is 2.12. The van der Waals surface area contributed by atoms with E-state index in [4.69, 9.17) is 0 Å². The molecule has 0 saturated heterocycles. The van der Waals surface area contributed by atoms with E-state index in [9.17, 15) is 4.79 Å². The zero-order valence-corrected chi connectivity index (χ0v) is 9.73. The highest BCUT2D eigenvalue weighted by molar-refractivity contribution is 9.09. The second kappa shape index (κ2) is 4.05. The van der Waals surface area contributed by atoms with Crippen molar-refractivity contribution in [2.24, 2.45) is 0 Å². The van der Waals surface area contributed by atoms with Gasteiger partial charge in [0.25, 0.3) is 0 Å². The summed E-state index contributed by atoms with van der Waals surface area (Å²) >= 11 is 3.17. The van der Waals surface area contributed by atoms with Crippen LogP contribution in [-0.4, -0.2) is 11.1 Å². The highest BCUT2D eigenvalue weighted by atomic mass is 79.9. The number of rotatable bonds is 2. The lowest BCUT2D eigenvalue weighted by molar-refractivity contribution is 0.102. The van der Waals surface area contributed by atoms with Gasteiger partial charge in [-0.2, -0.15) is 0 Å². The van der Waals surface area contributed by atoms with Gasteiger partial charge in [0.05, 0.1) is 5.33 Å². The fraction of sp³-hybridized carbons (Fsp3) is 0.364. The van der Waals surface area contributed by atoms with Crippen molar-refractivity contribution in [3.63, 3.8) is 0 Å². The molecule has 0 aliphatic carbocycles. The van der Waals surface area contributed by atoms with Crippen molar-refractivity contribution in [3.05, 3.63) is 34.4 Å². The predicted octanol–water partition coefficient (Wildman–Crippen LogP) is 3.19. The number of hydrogen-bond donors (Lipinski definition) is 0. The maximum Gasteiger partial charge on any atom is 0.173 e. The smallest absolute Gasteiger partial charge is 0.173 e. The quantitative estimate of drug-likeness (QED) is 0.574. The number of alkyl halides is 1. The Morgan fingerprint density at radius 3 is 2.08 bits per heavy atom. The molecule has 0 spiro atoms. The van der Waals surface area contributed by atoms with Crippen LogP contribution in [0.4, 0.5) is 0 Å². The minimum Gasteiger partial charge on any atom is -0.293 e. The van der Waals surface area contributed by atoms with E-state index in [0.717, 1.165) is 5.56 Å². The van der Waals surface area contributed by atoms with Crippen LogP contribution in [0.5, 0.6) is 0 Å². The van der Waals surface area contributed by atoms with Gasteiger partial charge in [-0.25, -0.2) is 0 Å². The van der Waals surface area contributed by atoms with Crippen LogP contribution >= 0.6 is 15.9 Å². The molecule has 0 N–H and O–H groups in total. The van der Waals surface area contributed by atoms with Crippen molar-refractivity contribution >= 4 is 21.7 Å². The van der Waals surface area contributed by atoms with Crippen LogP contribution in [0, 0.1) is 20.8 Å². The van der Waals surface area contributed by atoms with Crippen molar-refractivity contribution in [3.8, 4) is 0 Å². The van der Waals surface area contributed by atoms with Gasteiger partial charge in [0.1, 0.15) is 0 Å². The van der Waals surface area contributed by atoms with Gasteiger partial charge in [0.15, 0.2) is 5.78 Å². The Morgan fingerprint density at radius 1 is 1.23 bits per heavy atom. The molecule has 0 aliphatic rings. The van der Waals surface area contributed by atoms with Crippen molar-refractivity contribution < 1.29 is 4.79 Å². The Balaban J connectivity index is 3.20. The lowest BCUT2D eigenvalue weighted by Crippen LogP contribution is -2.02. The van der Waals surface area contributed by atoms with E-state index in [1.807, 2.05) is 26.0 Å². The summed E-state index contributed by atoms with van der Waals surface area (Å²) in [5.41, 5.74) is 4.44. The molecule has 0 aliphatic heterocycles. The van der Waals surface area contributed by atoms with E-state index in [1.165, 1.54) is 16.7 Å². The Labute approximate surface area is 87.3 Å². The molecule has 0 atom stereocenters. The SMILES string of the molecule is Cc1cc(C(=O)CBr)cc(C)c1C. The molecule has 2 heteroatoms. The van der Waals surface area contributed by atoms with Gasteiger partial charge in [-0.05, 0) is 49.6 Å². The molecule has 1 rings (SSSR count). The van der Waals surface area contributed by atoms with E-state index in [-0.39, 0.29) is 5.78 Å². The minimum atomic E-state index is 0.145. The van der Waals surface area contributed by atoms with Gasteiger partial charge < -0.3 is 0 Å². The van der Waals surface area contributed by atoms with Crippen LogP contribution in [0.2, 0.25) is 0 Å². The van der Waals surface area contributed by atoms with Gasteiger partial charge in [-0.1, -0.05) is 15.9 Å². The summed E-state index contributed by atoms with van der Waals surface area (Å²) in [6.45, 7) is 6.15. The molecule has 0 radical (unpaired) electrons. The van der Waals surface area contributed by atoms with Gasteiger partial charge in [0, 0.05) is 5.56 Å². The first kappa shape index (κ1) is 10.5. The van der Waals surface area contributed by atoms with Gasteiger partial charge in [0.2, 0.25) is 0 Å². The highest BCUT2D eigenvalue weighted by Gasteiger charge is 2.06. The Hall–Kier alpha value is -0.630. The van der Waals surface area contributed by atoms with Crippen LogP contribution in [0.3, 0.4) is 0 Å². The molecule has 0 aromatic heterocycles. The van der Waals surface area contributed by atoms with Crippen molar-refractivity contribution in [2.45, 2.75) is 20.8 Å². The van der Waals surface area contributed by atoms with Gasteiger partial charge in [-0.3, -0.25) is 4.79 Å². The molecule has 0 saturated carbocycles. The first-order valence-electron chi connectivity index (χ1n) is 4.23. The van der Waals surface area contributed by atoms with E-state index in [0.29, 0.717) is 5.33 Å². The highest BCUT2D eigenvalue weighted by Crippen LogP contribution is 2.16. The van der Waals surface area contributed by atoms with E-state index in [1.54, 1.807) is 0 Å². The molecule has 1 nitrogen and oxygen atoms in total. The van der Waals surface area contributed by atoms with E-state index < -0.39 is 0 Å². The molecule has 13 heavy (non-hydrogen) atoms. The van der Waals surface area contributed by atoms with Gasteiger partial charge >= 0.3 is 0 Å². The number of benzene rings is 1. The lowest BCUT2D eigenvalue weighted by atomic mass is 9.99. The van der Waals surface area contributed by atoms with Gasteiger partial charge in [-0.15, -0.1) is 0 Å². The van der Waals surface area contributed by atoms with E-state index in [2.05, 4.69) is 22.9 Å². The third kappa shape index (κ3) is 2.19. The summed E-state index contributed by atoms with van der Waals surface area (Å²) in [5, 5.41) is 0.398. The Morgan fingerprint density at radius 2 is 1.69 bits per heavy atom. The number of aryl methyl sites for hydroxylation is 2. The number of ketones is 1. The van der Waals surface area contributed by atoms with Crippen LogP contribution in [0.15, 0.2) is 12.1 Å². The molecule has 0 bridgehead atoms. The summed E-state index contributed by atoms with van der Waals surface area (Å²) < 4.78 is 0. The van der Waals surface area contributed by atoms with Crippen molar-refractivity contribution in [1.29, 1.82) is 0 Å². The summed E-state index contributed by atoms with van der Waals surface area (Å²) in [7, 11) is 0. The van der Waals surface area contributed by atoms with Crippen LogP contribution in [-0.2, 0) is 0 Å². The average molecular weight is 241 g/mol. The largest absolute Gasteiger partial charge is 0.293 e. The first-order chi connectivity index (χ1) is 6.06. The molecule has 0 amide bonds. The molecule has 70 valence electrons. The van der Waals surface area contributed by atoms with Crippen LogP contribution in [0.1, 0.15) is 27.0 Å². The molecule has 1 aromatic rings. The summed E-state index contributed by atoms with van der Waals surface area (Å²) in [5.74, 6) is 0.145. The molecule has 0 heterocycles. The summed E-state index contributed by atoms with van der Waals surface area (Å²) in [6, 6.07) is 3.90. The Kier molecular flexibility index (Phi) is 3.26.